The summed E-state index contributed by atoms with van der Waals surface area (Å²) in [5, 5.41) is 1.12. The molecule has 4 nitrogen and oxygen atoms in total. The number of fused-ring (bicyclic) bond motifs is 1. The van der Waals surface area contributed by atoms with Gasteiger partial charge in [-0.25, -0.2) is 0 Å². The number of rotatable bonds is 6. The van der Waals surface area contributed by atoms with Gasteiger partial charge < -0.3 is 9.72 Å². The number of benzene rings is 3. The van der Waals surface area contributed by atoms with Crippen molar-refractivity contribution < 1.29 is 4.74 Å². The molecule has 0 atom stereocenters. The Labute approximate surface area is 188 Å². The summed E-state index contributed by atoms with van der Waals surface area (Å²) >= 11 is 0. The molecule has 0 unspecified atom stereocenters. The molecule has 0 amide bonds. The lowest BCUT2D eigenvalue weighted by atomic mass is 10.00. The summed E-state index contributed by atoms with van der Waals surface area (Å²) in [5.74, 6) is 0. The zero-order valence-corrected chi connectivity index (χ0v) is 18.1. The maximum Gasteiger partial charge on any atom is 0.248 e. The number of ether oxygens (including phenoxy) is 1. The van der Waals surface area contributed by atoms with Crippen molar-refractivity contribution in [2.24, 2.45) is 0 Å². The molecule has 1 fully saturated rings. The second kappa shape index (κ2) is 9.51. The topological polar surface area (TPSA) is 45.3 Å². The van der Waals surface area contributed by atoms with Crippen LogP contribution in [0.1, 0.15) is 35.6 Å². The van der Waals surface area contributed by atoms with Crippen molar-refractivity contribution in [2.45, 2.75) is 31.6 Å². The maximum atomic E-state index is 12.1. The monoisotopic (exact) mass is 424 g/mol. The number of nitrogens with one attached hydrogen (secondary N) is 1. The number of hydrogen-bond acceptors (Lipinski definition) is 3. The van der Waals surface area contributed by atoms with Crippen LogP contribution in [-0.4, -0.2) is 29.1 Å². The normalized spacial score (nSPS) is 15.4. The highest BCUT2D eigenvalue weighted by Gasteiger charge is 2.25. The Morgan fingerprint density at radius 3 is 2.09 bits per heavy atom. The number of likely N-dealkylation sites (tertiary alicyclic amines) is 1. The number of hydrogen-bond donors (Lipinski definition) is 1. The predicted octanol–water partition coefficient (Wildman–Crippen LogP) is 5.30. The number of nitrogens with zero attached hydrogens (tertiary/aromatic N) is 1. The third-order valence-corrected chi connectivity index (χ3v) is 6.30. The van der Waals surface area contributed by atoms with Crippen LogP contribution in [0.4, 0.5) is 0 Å². The van der Waals surface area contributed by atoms with Crippen molar-refractivity contribution in [3.8, 4) is 0 Å². The molecule has 1 saturated heterocycles. The predicted molar refractivity (Wildman–Crippen MR) is 129 cm³/mol. The first-order chi connectivity index (χ1) is 15.8. The summed E-state index contributed by atoms with van der Waals surface area (Å²) in [4.78, 5) is 17.5. The molecule has 0 saturated carbocycles. The van der Waals surface area contributed by atoms with Gasteiger partial charge in [-0.1, -0.05) is 78.9 Å². The molecule has 1 N–H and O–H groups in total. The fraction of sp³-hybridized carbons (Fsp3) is 0.250. The first-order valence-corrected chi connectivity index (χ1v) is 11.3. The number of piperidine rings is 1. The molecule has 162 valence electrons. The van der Waals surface area contributed by atoms with Gasteiger partial charge in [-0.3, -0.25) is 9.69 Å². The lowest BCUT2D eigenvalue weighted by molar-refractivity contribution is -0.0281. The molecule has 0 aliphatic carbocycles. The summed E-state index contributed by atoms with van der Waals surface area (Å²) < 4.78 is 6.67. The second-order valence-electron chi connectivity index (χ2n) is 8.52. The van der Waals surface area contributed by atoms with E-state index in [2.05, 4.69) is 64.5 Å². The minimum Gasteiger partial charge on any atom is -0.365 e. The van der Waals surface area contributed by atoms with E-state index in [1.54, 1.807) is 6.07 Å². The van der Waals surface area contributed by atoms with Gasteiger partial charge in [0.25, 0.3) is 0 Å². The van der Waals surface area contributed by atoms with Gasteiger partial charge in [-0.2, -0.15) is 0 Å². The van der Waals surface area contributed by atoms with Crippen molar-refractivity contribution in [2.75, 3.05) is 13.1 Å². The fourth-order valence-electron chi connectivity index (χ4n) is 4.65. The van der Waals surface area contributed by atoms with Crippen LogP contribution >= 0.6 is 0 Å². The van der Waals surface area contributed by atoms with Crippen molar-refractivity contribution in [3.05, 3.63) is 118 Å². The highest BCUT2D eigenvalue weighted by molar-refractivity contribution is 5.81. The van der Waals surface area contributed by atoms with E-state index < -0.39 is 0 Å². The van der Waals surface area contributed by atoms with E-state index in [0.29, 0.717) is 0 Å². The molecule has 5 rings (SSSR count). The minimum atomic E-state index is -0.0504. The van der Waals surface area contributed by atoms with E-state index in [1.165, 1.54) is 11.1 Å². The highest BCUT2D eigenvalue weighted by Crippen LogP contribution is 2.30. The van der Waals surface area contributed by atoms with E-state index in [9.17, 15) is 4.79 Å². The SMILES string of the molecule is O=c1cc(CN2CCC(OC(c3ccccc3)c3ccccc3)CC2)c2ccccc2[nH]1. The standard InChI is InChI=1S/C28H28N2O2/c31-27-19-23(25-13-7-8-14-26(25)29-27)20-30-17-15-24(16-18-30)32-28(21-9-3-1-4-10-21)22-11-5-2-6-12-22/h1-14,19,24,28H,15-18,20H2,(H,29,31). The Bertz CT molecular complexity index is 1170. The molecule has 1 aliphatic heterocycles. The van der Waals surface area contributed by atoms with Gasteiger partial charge in [0.05, 0.1) is 6.10 Å². The molecule has 1 aromatic heterocycles. The first kappa shape index (κ1) is 20.7. The second-order valence-corrected chi connectivity index (χ2v) is 8.52. The van der Waals surface area contributed by atoms with E-state index in [0.717, 1.165) is 48.9 Å². The fourth-order valence-corrected chi connectivity index (χ4v) is 4.65. The molecule has 0 spiro atoms. The summed E-state index contributed by atoms with van der Waals surface area (Å²) in [6.45, 7) is 2.71. The number of pyridine rings is 1. The lowest BCUT2D eigenvalue weighted by Gasteiger charge is -2.34. The van der Waals surface area contributed by atoms with E-state index in [1.807, 2.05) is 30.3 Å². The summed E-state index contributed by atoms with van der Waals surface area (Å²) in [5.41, 5.74) is 4.34. The number of aromatic amines is 1. The van der Waals surface area contributed by atoms with Gasteiger partial charge in [0, 0.05) is 36.6 Å². The molecule has 4 heteroatoms. The molecule has 0 bridgehead atoms. The largest absolute Gasteiger partial charge is 0.365 e. The molecule has 32 heavy (non-hydrogen) atoms. The first-order valence-electron chi connectivity index (χ1n) is 11.3. The molecular weight excluding hydrogens is 396 g/mol. The number of H-pyrrole nitrogens is 1. The molecule has 2 heterocycles. The van der Waals surface area contributed by atoms with E-state index in [-0.39, 0.29) is 17.8 Å². The minimum absolute atomic E-state index is 0.0366. The molecular formula is C28H28N2O2. The van der Waals surface area contributed by atoms with Gasteiger partial charge in [-0.05, 0) is 35.6 Å². The summed E-state index contributed by atoms with van der Waals surface area (Å²) in [7, 11) is 0. The van der Waals surface area contributed by atoms with Crippen LogP contribution in [0.2, 0.25) is 0 Å². The van der Waals surface area contributed by atoms with Gasteiger partial charge in [0.2, 0.25) is 5.56 Å². The number of aromatic nitrogens is 1. The molecule has 1 aliphatic rings. The Kier molecular flexibility index (Phi) is 6.15. The number of para-hydroxylation sites is 1. The van der Waals surface area contributed by atoms with Crippen LogP contribution in [0.25, 0.3) is 10.9 Å². The molecule has 4 aromatic rings. The molecule has 3 aromatic carbocycles. The summed E-state index contributed by atoms with van der Waals surface area (Å²) in [6, 6.07) is 30.7. The van der Waals surface area contributed by atoms with Crippen molar-refractivity contribution in [1.29, 1.82) is 0 Å². The van der Waals surface area contributed by atoms with Crippen molar-refractivity contribution >= 4 is 10.9 Å². The smallest absolute Gasteiger partial charge is 0.248 e. The van der Waals surface area contributed by atoms with Crippen LogP contribution in [-0.2, 0) is 11.3 Å². The van der Waals surface area contributed by atoms with Gasteiger partial charge >= 0.3 is 0 Å². The summed E-state index contributed by atoms with van der Waals surface area (Å²) in [6.07, 6.45) is 2.13. The molecule has 0 radical (unpaired) electrons. The van der Waals surface area contributed by atoms with Gasteiger partial charge in [0.1, 0.15) is 6.10 Å². The average molecular weight is 425 g/mol. The third-order valence-electron chi connectivity index (χ3n) is 6.30. The van der Waals surface area contributed by atoms with Crippen molar-refractivity contribution in [3.63, 3.8) is 0 Å². The van der Waals surface area contributed by atoms with Crippen LogP contribution in [0.3, 0.4) is 0 Å². The Morgan fingerprint density at radius 2 is 1.44 bits per heavy atom. The Morgan fingerprint density at radius 1 is 0.844 bits per heavy atom. The highest BCUT2D eigenvalue weighted by atomic mass is 16.5. The van der Waals surface area contributed by atoms with Gasteiger partial charge in [-0.15, -0.1) is 0 Å². The van der Waals surface area contributed by atoms with Gasteiger partial charge in [0.15, 0.2) is 0 Å². The maximum absolute atomic E-state index is 12.1. The van der Waals surface area contributed by atoms with Crippen LogP contribution in [0.15, 0.2) is 95.8 Å². The Balaban J connectivity index is 1.27. The Hall–Kier alpha value is -3.21. The quantitative estimate of drug-likeness (QED) is 0.457. The lowest BCUT2D eigenvalue weighted by Crippen LogP contribution is -2.37. The zero-order valence-electron chi connectivity index (χ0n) is 18.1. The van der Waals surface area contributed by atoms with Crippen molar-refractivity contribution in [1.82, 2.24) is 9.88 Å². The van der Waals surface area contributed by atoms with Crippen LogP contribution in [0.5, 0.6) is 0 Å². The van der Waals surface area contributed by atoms with Crippen LogP contribution < -0.4 is 5.56 Å². The zero-order chi connectivity index (χ0) is 21.8. The van der Waals surface area contributed by atoms with Crippen LogP contribution in [0, 0.1) is 0 Å². The van der Waals surface area contributed by atoms with E-state index >= 15 is 0 Å². The van der Waals surface area contributed by atoms with E-state index in [4.69, 9.17) is 4.74 Å². The average Bonchev–Trinajstić information content (AvgIpc) is 2.84. The third kappa shape index (κ3) is 4.67.